The molecule has 1 aliphatic rings. The minimum Gasteiger partial charge on any atom is -0.308 e. The lowest BCUT2D eigenvalue weighted by atomic mass is 10.2. The molecule has 1 saturated carbocycles. The van der Waals surface area contributed by atoms with Crippen LogP contribution in [0, 0.1) is 5.82 Å². The van der Waals surface area contributed by atoms with Crippen molar-refractivity contribution in [1.29, 1.82) is 0 Å². The number of halogens is 4. The largest absolute Gasteiger partial charge is 0.308 e. The summed E-state index contributed by atoms with van der Waals surface area (Å²) >= 11 is 6.01. The van der Waals surface area contributed by atoms with Crippen molar-refractivity contribution in [3.8, 4) is 0 Å². The van der Waals surface area contributed by atoms with Gasteiger partial charge in [0.15, 0.2) is 5.82 Å². The van der Waals surface area contributed by atoms with E-state index in [0.717, 1.165) is 17.5 Å². The van der Waals surface area contributed by atoms with Crippen molar-refractivity contribution in [1.82, 2.24) is 19.6 Å². The smallest absolute Gasteiger partial charge is 0.280 e. The zero-order valence-electron chi connectivity index (χ0n) is 15.2. The highest BCUT2D eigenvalue weighted by Gasteiger charge is 2.29. The summed E-state index contributed by atoms with van der Waals surface area (Å²) in [5, 5.41) is 11.2. The second kappa shape index (κ2) is 7.90. The summed E-state index contributed by atoms with van der Waals surface area (Å²) in [6.45, 7) is -0.0442. The summed E-state index contributed by atoms with van der Waals surface area (Å²) in [6, 6.07) is 7.01. The number of aromatic nitrogens is 4. The topological polar surface area (TPSA) is 64.7 Å². The highest BCUT2D eigenvalue weighted by Crippen LogP contribution is 2.40. The van der Waals surface area contributed by atoms with E-state index in [9.17, 15) is 18.0 Å². The number of nitrogens with one attached hydrogen (secondary N) is 1. The highest BCUT2D eigenvalue weighted by atomic mass is 35.5. The fourth-order valence-electron chi connectivity index (χ4n) is 2.99. The van der Waals surface area contributed by atoms with Crippen molar-refractivity contribution >= 4 is 23.3 Å². The number of alkyl halides is 2. The molecular weight excluding hydrogens is 407 g/mol. The van der Waals surface area contributed by atoms with Crippen molar-refractivity contribution in [2.75, 3.05) is 5.32 Å². The van der Waals surface area contributed by atoms with Crippen LogP contribution in [-0.4, -0.2) is 25.5 Å². The van der Waals surface area contributed by atoms with Crippen molar-refractivity contribution in [3.63, 3.8) is 0 Å². The molecule has 3 aromatic rings. The monoisotopic (exact) mass is 423 g/mol. The molecule has 1 aromatic carbocycles. The molecule has 0 saturated heterocycles. The van der Waals surface area contributed by atoms with Crippen LogP contribution in [0.15, 0.2) is 36.5 Å². The van der Waals surface area contributed by atoms with Gasteiger partial charge in [0.25, 0.3) is 6.43 Å². The molecule has 10 heteroatoms. The number of amides is 1. The van der Waals surface area contributed by atoms with Gasteiger partial charge in [-0.25, -0.2) is 13.2 Å². The number of hydrogen-bond acceptors (Lipinski definition) is 3. The lowest BCUT2D eigenvalue weighted by Crippen LogP contribution is -2.21. The molecule has 0 spiro atoms. The van der Waals surface area contributed by atoms with Gasteiger partial charge in [-0.05, 0) is 36.6 Å². The zero-order valence-corrected chi connectivity index (χ0v) is 15.9. The molecule has 1 amide bonds. The third kappa shape index (κ3) is 4.61. The SMILES string of the molecule is O=C(Cn1nc(C2CC2)cc1C(F)F)Nc1ccn(Cc2ccc(F)cc2Cl)n1. The molecule has 1 fully saturated rings. The van der Waals surface area contributed by atoms with Gasteiger partial charge in [0.1, 0.15) is 18.1 Å². The average molecular weight is 424 g/mol. The first-order chi connectivity index (χ1) is 13.9. The van der Waals surface area contributed by atoms with Gasteiger partial charge < -0.3 is 5.32 Å². The number of hydrogen-bond donors (Lipinski definition) is 1. The highest BCUT2D eigenvalue weighted by molar-refractivity contribution is 6.31. The van der Waals surface area contributed by atoms with Crippen LogP contribution in [0.2, 0.25) is 5.02 Å². The Kier molecular flexibility index (Phi) is 5.31. The van der Waals surface area contributed by atoms with Gasteiger partial charge in [-0.3, -0.25) is 14.2 Å². The van der Waals surface area contributed by atoms with Gasteiger partial charge in [-0.2, -0.15) is 10.2 Å². The first-order valence-electron chi connectivity index (χ1n) is 9.02. The lowest BCUT2D eigenvalue weighted by molar-refractivity contribution is -0.117. The minimum atomic E-state index is -2.71. The summed E-state index contributed by atoms with van der Waals surface area (Å²) in [7, 11) is 0. The normalized spacial score (nSPS) is 13.8. The number of carbonyl (C=O) groups is 1. The van der Waals surface area contributed by atoms with E-state index in [2.05, 4.69) is 15.5 Å². The first kappa shape index (κ1) is 19.5. The number of rotatable bonds is 7. The van der Waals surface area contributed by atoms with Gasteiger partial charge in [0.2, 0.25) is 5.91 Å². The Morgan fingerprint density at radius 1 is 1.24 bits per heavy atom. The molecular formula is C19H17ClF3N5O. The standard InChI is InChI=1S/C19H17ClF3N5O/c20-14-7-13(21)4-3-12(14)9-27-6-5-17(26-27)24-18(29)10-28-16(19(22)23)8-15(25-28)11-1-2-11/h3-8,11,19H,1-2,9-10H2,(H,24,26,29). The maximum atomic E-state index is 13.2. The van der Waals surface area contributed by atoms with Gasteiger partial charge in [0.05, 0.1) is 12.2 Å². The summed E-state index contributed by atoms with van der Waals surface area (Å²) in [5.41, 5.74) is 1.01. The van der Waals surface area contributed by atoms with E-state index < -0.39 is 18.1 Å². The molecule has 1 aliphatic carbocycles. The Bertz CT molecular complexity index is 1040. The number of nitrogens with zero attached hydrogens (tertiary/aromatic N) is 4. The van der Waals surface area contributed by atoms with Crippen LogP contribution in [-0.2, 0) is 17.9 Å². The molecule has 0 atom stereocenters. The summed E-state index contributed by atoms with van der Waals surface area (Å²) < 4.78 is 42.2. The van der Waals surface area contributed by atoms with Crippen molar-refractivity contribution in [2.45, 2.75) is 38.3 Å². The molecule has 2 heterocycles. The first-order valence-corrected chi connectivity index (χ1v) is 9.40. The van der Waals surface area contributed by atoms with Gasteiger partial charge in [0, 0.05) is 23.2 Å². The molecule has 2 aromatic heterocycles. The lowest BCUT2D eigenvalue weighted by Gasteiger charge is -2.07. The van der Waals surface area contributed by atoms with Crippen LogP contribution in [0.3, 0.4) is 0 Å². The van der Waals surface area contributed by atoms with E-state index in [4.69, 9.17) is 11.6 Å². The van der Waals surface area contributed by atoms with E-state index in [-0.39, 0.29) is 35.5 Å². The van der Waals surface area contributed by atoms with E-state index >= 15 is 0 Å². The Morgan fingerprint density at radius 2 is 2.03 bits per heavy atom. The van der Waals surface area contributed by atoms with E-state index in [1.165, 1.54) is 22.9 Å². The third-order valence-electron chi connectivity index (χ3n) is 4.60. The molecule has 0 unspecified atom stereocenters. The summed E-state index contributed by atoms with van der Waals surface area (Å²) in [6.07, 6.45) is 0.782. The number of benzene rings is 1. The van der Waals surface area contributed by atoms with Crippen LogP contribution in [0.25, 0.3) is 0 Å². The third-order valence-corrected chi connectivity index (χ3v) is 4.95. The maximum absolute atomic E-state index is 13.2. The van der Waals surface area contributed by atoms with Crippen molar-refractivity contribution in [2.24, 2.45) is 0 Å². The second-order valence-electron chi connectivity index (χ2n) is 6.91. The molecule has 0 radical (unpaired) electrons. The van der Waals surface area contributed by atoms with Gasteiger partial charge in [-0.15, -0.1) is 0 Å². The Balaban J connectivity index is 1.40. The van der Waals surface area contributed by atoms with Crippen molar-refractivity contribution in [3.05, 3.63) is 64.3 Å². The zero-order chi connectivity index (χ0) is 20.5. The fraction of sp³-hybridized carbons (Fsp3) is 0.316. The van der Waals surface area contributed by atoms with E-state index in [1.54, 1.807) is 18.3 Å². The second-order valence-corrected chi connectivity index (χ2v) is 7.32. The maximum Gasteiger partial charge on any atom is 0.280 e. The molecule has 1 N–H and O–H groups in total. The summed E-state index contributed by atoms with van der Waals surface area (Å²) in [4.78, 5) is 12.3. The number of carbonyl (C=O) groups excluding carboxylic acids is 1. The number of anilines is 1. The molecule has 0 aliphatic heterocycles. The minimum absolute atomic E-state index is 0.214. The van der Waals surface area contributed by atoms with E-state index in [0.29, 0.717) is 11.3 Å². The molecule has 29 heavy (non-hydrogen) atoms. The predicted molar refractivity (Wildman–Crippen MR) is 101 cm³/mol. The summed E-state index contributed by atoms with van der Waals surface area (Å²) in [5.74, 6) is -0.464. The van der Waals surface area contributed by atoms with Gasteiger partial charge >= 0.3 is 0 Å². The quantitative estimate of drug-likeness (QED) is 0.613. The predicted octanol–water partition coefficient (Wildman–Crippen LogP) is 4.37. The van der Waals surface area contributed by atoms with Crippen LogP contribution >= 0.6 is 11.6 Å². The van der Waals surface area contributed by atoms with Crippen LogP contribution < -0.4 is 5.32 Å². The van der Waals surface area contributed by atoms with Crippen LogP contribution in [0.5, 0.6) is 0 Å². The molecule has 6 nitrogen and oxygen atoms in total. The molecule has 4 rings (SSSR count). The molecule has 152 valence electrons. The van der Waals surface area contributed by atoms with Gasteiger partial charge in [-0.1, -0.05) is 17.7 Å². The Hall–Kier alpha value is -2.81. The Morgan fingerprint density at radius 3 is 2.72 bits per heavy atom. The Labute approximate surface area is 169 Å². The van der Waals surface area contributed by atoms with E-state index in [1.807, 2.05) is 0 Å². The average Bonchev–Trinajstić information content (AvgIpc) is 3.28. The fourth-order valence-corrected chi connectivity index (χ4v) is 3.22. The molecule has 0 bridgehead atoms. The van der Waals surface area contributed by atoms with Crippen LogP contribution in [0.1, 0.15) is 42.1 Å². The van der Waals surface area contributed by atoms with Crippen LogP contribution in [0.4, 0.5) is 19.0 Å². The van der Waals surface area contributed by atoms with Crippen molar-refractivity contribution < 1.29 is 18.0 Å².